The molecule has 0 saturated carbocycles. The minimum absolute atomic E-state index is 0.00864. The minimum atomic E-state index is 0.00864. The van der Waals surface area contributed by atoms with Gasteiger partial charge in [-0.05, 0) is 24.8 Å². The molecule has 2 heterocycles. The predicted molar refractivity (Wildman–Crippen MR) is 97.6 cm³/mol. The summed E-state index contributed by atoms with van der Waals surface area (Å²) < 4.78 is 7.48. The molecule has 7 heteroatoms. The molecule has 0 aliphatic carbocycles. The lowest BCUT2D eigenvalue weighted by Gasteiger charge is -2.10. The highest BCUT2D eigenvalue weighted by atomic mass is 32.2. The van der Waals surface area contributed by atoms with E-state index in [1.807, 2.05) is 29.8 Å². The molecule has 1 atom stereocenters. The third-order valence-electron chi connectivity index (χ3n) is 4.29. The van der Waals surface area contributed by atoms with E-state index >= 15 is 0 Å². The summed E-state index contributed by atoms with van der Waals surface area (Å²) in [6, 6.07) is 10.3. The second-order valence-corrected chi connectivity index (χ2v) is 7.11. The third-order valence-corrected chi connectivity index (χ3v) is 5.31. The molecule has 25 heavy (non-hydrogen) atoms. The molecule has 6 nitrogen and oxygen atoms in total. The number of carbonyl (C=O) groups excluding carboxylic acids is 1. The number of benzene rings is 1. The number of thioether (sulfide) groups is 1. The van der Waals surface area contributed by atoms with Crippen LogP contribution in [0, 0.1) is 0 Å². The number of hydrogen-bond donors (Lipinski definition) is 1. The van der Waals surface area contributed by atoms with Crippen molar-refractivity contribution in [2.75, 3.05) is 18.9 Å². The van der Waals surface area contributed by atoms with Crippen molar-refractivity contribution >= 4 is 17.7 Å². The molecular formula is C18H24N4O2S. The van der Waals surface area contributed by atoms with Gasteiger partial charge in [0.25, 0.3) is 0 Å². The zero-order valence-corrected chi connectivity index (χ0v) is 15.3. The fourth-order valence-electron chi connectivity index (χ4n) is 2.80. The van der Waals surface area contributed by atoms with Gasteiger partial charge in [0.05, 0.1) is 11.9 Å². The Morgan fingerprint density at radius 1 is 1.32 bits per heavy atom. The highest BCUT2D eigenvalue weighted by Gasteiger charge is 2.17. The van der Waals surface area contributed by atoms with Crippen LogP contribution in [-0.4, -0.2) is 45.7 Å². The maximum Gasteiger partial charge on any atom is 0.230 e. The molecule has 134 valence electrons. The van der Waals surface area contributed by atoms with Crippen molar-refractivity contribution in [2.45, 2.75) is 36.9 Å². The largest absolute Gasteiger partial charge is 0.376 e. The molecular weight excluding hydrogens is 336 g/mol. The average molecular weight is 360 g/mol. The van der Waals surface area contributed by atoms with Crippen LogP contribution in [0.15, 0.2) is 35.5 Å². The van der Waals surface area contributed by atoms with Crippen LogP contribution in [0.2, 0.25) is 0 Å². The van der Waals surface area contributed by atoms with Gasteiger partial charge in [0.15, 0.2) is 5.16 Å². The SMILES string of the molecule is Cn1c(CCc2ccccc2)nnc1SCC(=O)NC[C@@H]1CCCO1. The smallest absolute Gasteiger partial charge is 0.230 e. The molecule has 1 saturated heterocycles. The van der Waals surface area contributed by atoms with E-state index in [-0.39, 0.29) is 12.0 Å². The zero-order chi connectivity index (χ0) is 17.5. The monoisotopic (exact) mass is 360 g/mol. The topological polar surface area (TPSA) is 69.0 Å². The Balaban J connectivity index is 1.43. The number of ether oxygens (including phenoxy) is 1. The lowest BCUT2D eigenvalue weighted by atomic mass is 10.1. The van der Waals surface area contributed by atoms with Gasteiger partial charge < -0.3 is 14.6 Å². The first kappa shape index (κ1) is 17.9. The predicted octanol–water partition coefficient (Wildman–Crippen LogP) is 1.99. The summed E-state index contributed by atoms with van der Waals surface area (Å²) in [7, 11) is 1.95. The fourth-order valence-corrected chi connectivity index (χ4v) is 3.56. The van der Waals surface area contributed by atoms with Gasteiger partial charge in [0.2, 0.25) is 5.91 Å². The van der Waals surface area contributed by atoms with Crippen LogP contribution in [0.3, 0.4) is 0 Å². The van der Waals surface area contributed by atoms with Crippen LogP contribution >= 0.6 is 11.8 Å². The summed E-state index contributed by atoms with van der Waals surface area (Å²) in [5, 5.41) is 12.2. The van der Waals surface area contributed by atoms with Crippen LogP contribution in [-0.2, 0) is 29.4 Å². The number of rotatable bonds is 8. The molecule has 1 amide bonds. The second-order valence-electron chi connectivity index (χ2n) is 6.17. The van der Waals surface area contributed by atoms with E-state index in [2.05, 4.69) is 27.6 Å². The van der Waals surface area contributed by atoms with Crippen molar-refractivity contribution in [3.8, 4) is 0 Å². The number of nitrogens with one attached hydrogen (secondary N) is 1. The summed E-state index contributed by atoms with van der Waals surface area (Å²) in [6.07, 6.45) is 4.05. The van der Waals surface area contributed by atoms with E-state index in [9.17, 15) is 4.79 Å². The van der Waals surface area contributed by atoms with Gasteiger partial charge in [0.1, 0.15) is 5.82 Å². The van der Waals surface area contributed by atoms with E-state index in [0.29, 0.717) is 12.3 Å². The van der Waals surface area contributed by atoms with E-state index < -0.39 is 0 Å². The maximum absolute atomic E-state index is 12.0. The maximum atomic E-state index is 12.0. The Bertz CT molecular complexity index is 684. The van der Waals surface area contributed by atoms with Gasteiger partial charge >= 0.3 is 0 Å². The molecule has 1 aliphatic heterocycles. The van der Waals surface area contributed by atoms with Crippen LogP contribution < -0.4 is 5.32 Å². The summed E-state index contributed by atoms with van der Waals surface area (Å²) >= 11 is 1.42. The van der Waals surface area contributed by atoms with Crippen molar-refractivity contribution in [1.82, 2.24) is 20.1 Å². The number of aromatic nitrogens is 3. The second kappa shape index (κ2) is 9.01. The van der Waals surface area contributed by atoms with Gasteiger partial charge in [-0.2, -0.15) is 0 Å². The highest BCUT2D eigenvalue weighted by Crippen LogP contribution is 2.16. The van der Waals surface area contributed by atoms with Gasteiger partial charge in [-0.15, -0.1) is 10.2 Å². The number of aryl methyl sites for hydroxylation is 2. The lowest BCUT2D eigenvalue weighted by molar-refractivity contribution is -0.119. The van der Waals surface area contributed by atoms with Crippen molar-refractivity contribution in [3.05, 3.63) is 41.7 Å². The summed E-state index contributed by atoms with van der Waals surface area (Å²) in [4.78, 5) is 12.0. The summed E-state index contributed by atoms with van der Waals surface area (Å²) in [5.74, 6) is 1.29. The first-order chi connectivity index (χ1) is 12.2. The quantitative estimate of drug-likeness (QED) is 0.729. The molecule has 0 bridgehead atoms. The number of carbonyl (C=O) groups is 1. The Labute approximate surface area is 152 Å². The van der Waals surface area contributed by atoms with Crippen LogP contribution in [0.1, 0.15) is 24.2 Å². The van der Waals surface area contributed by atoms with Crippen molar-refractivity contribution in [2.24, 2.45) is 7.05 Å². The molecule has 1 N–H and O–H groups in total. The Hall–Kier alpha value is -1.86. The third kappa shape index (κ3) is 5.31. The van der Waals surface area contributed by atoms with Gasteiger partial charge in [-0.25, -0.2) is 0 Å². The molecule has 0 unspecified atom stereocenters. The first-order valence-corrected chi connectivity index (χ1v) is 9.64. The molecule has 1 fully saturated rings. The van der Waals surface area contributed by atoms with E-state index in [0.717, 1.165) is 43.3 Å². The molecule has 3 rings (SSSR count). The van der Waals surface area contributed by atoms with Crippen molar-refractivity contribution in [1.29, 1.82) is 0 Å². The van der Waals surface area contributed by atoms with Crippen molar-refractivity contribution in [3.63, 3.8) is 0 Å². The molecule has 1 aromatic heterocycles. The van der Waals surface area contributed by atoms with Crippen LogP contribution in [0.5, 0.6) is 0 Å². The fraction of sp³-hybridized carbons (Fsp3) is 0.500. The van der Waals surface area contributed by atoms with Crippen LogP contribution in [0.4, 0.5) is 0 Å². The number of hydrogen-bond acceptors (Lipinski definition) is 5. The summed E-state index contributed by atoms with van der Waals surface area (Å²) in [5.41, 5.74) is 1.29. The summed E-state index contributed by atoms with van der Waals surface area (Å²) in [6.45, 7) is 1.40. The van der Waals surface area contributed by atoms with Crippen LogP contribution in [0.25, 0.3) is 0 Å². The standard InChI is InChI=1S/C18H24N4O2S/c1-22-16(10-9-14-6-3-2-4-7-14)20-21-18(22)25-13-17(23)19-12-15-8-5-11-24-15/h2-4,6-7,15H,5,8-13H2,1H3,(H,19,23)/t15-/m0/s1. The molecule has 0 spiro atoms. The van der Waals surface area contributed by atoms with Crippen molar-refractivity contribution < 1.29 is 9.53 Å². The Morgan fingerprint density at radius 2 is 2.16 bits per heavy atom. The minimum Gasteiger partial charge on any atom is -0.376 e. The Kier molecular flexibility index (Phi) is 6.47. The van der Waals surface area contributed by atoms with Gasteiger partial charge in [0, 0.05) is 26.6 Å². The van der Waals surface area contributed by atoms with Gasteiger partial charge in [-0.1, -0.05) is 42.1 Å². The lowest BCUT2D eigenvalue weighted by Crippen LogP contribution is -2.32. The average Bonchev–Trinajstić information content (AvgIpc) is 3.27. The normalized spacial score (nSPS) is 16.9. The zero-order valence-electron chi connectivity index (χ0n) is 14.5. The number of nitrogens with zero attached hydrogens (tertiary/aromatic N) is 3. The molecule has 2 aromatic rings. The van der Waals surface area contributed by atoms with E-state index in [1.165, 1.54) is 17.3 Å². The van der Waals surface area contributed by atoms with E-state index in [1.54, 1.807) is 0 Å². The first-order valence-electron chi connectivity index (χ1n) is 8.65. The molecule has 0 radical (unpaired) electrons. The van der Waals surface area contributed by atoms with Gasteiger partial charge in [-0.3, -0.25) is 4.79 Å². The Morgan fingerprint density at radius 3 is 2.92 bits per heavy atom. The molecule has 1 aromatic carbocycles. The molecule has 1 aliphatic rings. The number of amides is 1. The van der Waals surface area contributed by atoms with E-state index in [4.69, 9.17) is 4.74 Å². The highest BCUT2D eigenvalue weighted by molar-refractivity contribution is 7.99.